The fourth-order valence-electron chi connectivity index (χ4n) is 4.35. The van der Waals surface area contributed by atoms with E-state index in [-0.39, 0.29) is 19.0 Å². The van der Waals surface area contributed by atoms with Crippen molar-refractivity contribution >= 4 is 34.6 Å². The number of carbonyl (C=O) groups is 2. The number of nitrogens with zero attached hydrogens (tertiary/aromatic N) is 1. The van der Waals surface area contributed by atoms with E-state index in [9.17, 15) is 27.3 Å². The highest BCUT2D eigenvalue weighted by atomic mass is 32.2. The highest BCUT2D eigenvalue weighted by molar-refractivity contribution is 7.92. The second-order valence-electron chi connectivity index (χ2n) is 9.82. The minimum Gasteiger partial charge on any atom is -0.588 e. The molecule has 0 aliphatic heterocycles. The van der Waals surface area contributed by atoms with E-state index in [2.05, 4.69) is 15.4 Å². The molecule has 2 amide bonds. The van der Waals surface area contributed by atoms with E-state index in [0.29, 0.717) is 27.6 Å². The van der Waals surface area contributed by atoms with Crippen molar-refractivity contribution in [3.8, 4) is 16.9 Å². The molecule has 4 aromatic rings. The molecule has 12 heteroatoms. The molecule has 3 N–H and O–H groups in total. The maximum Gasteiger partial charge on any atom is 0.417 e. The number of amides is 2. The highest BCUT2D eigenvalue weighted by Crippen LogP contribution is 2.33. The van der Waals surface area contributed by atoms with Crippen LogP contribution < -0.4 is 20.1 Å². The third kappa shape index (κ3) is 8.03. The van der Waals surface area contributed by atoms with Crippen LogP contribution in [-0.4, -0.2) is 55.6 Å². The molecule has 0 bridgehead atoms. The average molecular weight is 625 g/mol. The van der Waals surface area contributed by atoms with Gasteiger partial charge >= 0.3 is 6.18 Å². The van der Waals surface area contributed by atoms with Crippen molar-refractivity contribution in [2.45, 2.75) is 11.1 Å². The standard InChI is InChI=1S/C32H31F3N4O4S/c1-39(2)31(41)23-9-6-8-21(18-23)22-14-15-28(43-3)29(19-22)44(42)38-25-11-7-10-24(20-25)36-16-17-37-30(40)26-12-4-5-13-27(26)32(33,34)35/h4-15,18-20,36,38H,16-17H2,1-3H3,(H,37,40). The van der Waals surface area contributed by atoms with Crippen LogP contribution in [0.3, 0.4) is 0 Å². The number of anilines is 2. The van der Waals surface area contributed by atoms with E-state index in [1.54, 1.807) is 68.7 Å². The lowest BCUT2D eigenvalue weighted by molar-refractivity contribution is -0.137. The van der Waals surface area contributed by atoms with E-state index in [1.165, 1.54) is 24.1 Å². The van der Waals surface area contributed by atoms with Gasteiger partial charge in [0.1, 0.15) is 11.4 Å². The smallest absolute Gasteiger partial charge is 0.417 e. The first-order valence-corrected chi connectivity index (χ1v) is 14.6. The Hall–Kier alpha value is -4.68. The highest BCUT2D eigenvalue weighted by Gasteiger charge is 2.34. The molecule has 0 heterocycles. The van der Waals surface area contributed by atoms with Crippen molar-refractivity contribution < 1.29 is 32.0 Å². The van der Waals surface area contributed by atoms with Gasteiger partial charge in [0.2, 0.25) is 4.90 Å². The molecule has 44 heavy (non-hydrogen) atoms. The predicted octanol–water partition coefficient (Wildman–Crippen LogP) is 6.06. The molecule has 0 aliphatic rings. The number of nitrogens with one attached hydrogen (secondary N) is 3. The van der Waals surface area contributed by atoms with Crippen LogP contribution in [0, 0.1) is 0 Å². The van der Waals surface area contributed by atoms with E-state index >= 15 is 0 Å². The van der Waals surface area contributed by atoms with Crippen LogP contribution in [0.25, 0.3) is 11.1 Å². The zero-order valence-corrected chi connectivity index (χ0v) is 25.0. The van der Waals surface area contributed by atoms with Crippen molar-refractivity contribution in [1.29, 1.82) is 0 Å². The third-order valence-electron chi connectivity index (χ3n) is 6.50. The first-order valence-electron chi connectivity index (χ1n) is 13.4. The second-order valence-corrected chi connectivity index (χ2v) is 11.0. The Morgan fingerprint density at radius 1 is 0.864 bits per heavy atom. The van der Waals surface area contributed by atoms with E-state index < -0.39 is 34.6 Å². The van der Waals surface area contributed by atoms with E-state index in [4.69, 9.17) is 4.74 Å². The van der Waals surface area contributed by atoms with Gasteiger partial charge in [-0.15, -0.1) is 0 Å². The number of alkyl halides is 3. The molecule has 4 aromatic carbocycles. The molecule has 1 atom stereocenters. The SMILES string of the molecule is COc1ccc(-c2cccc(C(=O)N(C)C)c2)cc1[S+]([O-])Nc1cccc(NCCNC(=O)c2ccccc2C(F)(F)F)c1. The van der Waals surface area contributed by atoms with Gasteiger partial charge in [-0.3, -0.25) is 9.59 Å². The molecule has 8 nitrogen and oxygen atoms in total. The van der Waals surface area contributed by atoms with Gasteiger partial charge in [-0.25, -0.2) is 4.72 Å². The van der Waals surface area contributed by atoms with Gasteiger partial charge in [-0.1, -0.05) is 36.4 Å². The predicted molar refractivity (Wildman–Crippen MR) is 165 cm³/mol. The van der Waals surface area contributed by atoms with Crippen LogP contribution in [0.1, 0.15) is 26.3 Å². The number of benzene rings is 4. The summed E-state index contributed by atoms with van der Waals surface area (Å²) in [5.74, 6) is -0.538. The zero-order chi connectivity index (χ0) is 31.9. The minimum absolute atomic E-state index is 0.0694. The lowest BCUT2D eigenvalue weighted by Crippen LogP contribution is -2.30. The molecule has 1 unspecified atom stereocenters. The first kappa shape index (κ1) is 32.2. The second kappa shape index (κ2) is 14.2. The van der Waals surface area contributed by atoms with Crippen molar-refractivity contribution in [3.05, 3.63) is 108 Å². The fourth-order valence-corrected chi connectivity index (χ4v) is 5.37. The summed E-state index contributed by atoms with van der Waals surface area (Å²) in [5.41, 5.74) is 1.79. The summed E-state index contributed by atoms with van der Waals surface area (Å²) in [6.07, 6.45) is -4.64. The van der Waals surface area contributed by atoms with Gasteiger partial charge < -0.3 is 24.8 Å². The van der Waals surface area contributed by atoms with E-state index in [1.807, 2.05) is 12.1 Å². The third-order valence-corrected chi connectivity index (χ3v) is 7.64. The lowest BCUT2D eigenvalue weighted by Gasteiger charge is -2.16. The number of carbonyl (C=O) groups excluding carboxylic acids is 2. The molecule has 0 saturated carbocycles. The Labute approximate surface area is 256 Å². The van der Waals surface area contributed by atoms with Crippen LogP contribution in [-0.2, 0) is 17.5 Å². The monoisotopic (exact) mass is 624 g/mol. The Morgan fingerprint density at radius 3 is 2.30 bits per heavy atom. The molecular weight excluding hydrogens is 593 g/mol. The van der Waals surface area contributed by atoms with Gasteiger partial charge in [0, 0.05) is 44.5 Å². The van der Waals surface area contributed by atoms with Crippen LogP contribution in [0.2, 0.25) is 0 Å². The van der Waals surface area contributed by atoms with Crippen LogP contribution in [0.5, 0.6) is 5.75 Å². The summed E-state index contributed by atoms with van der Waals surface area (Å²) >= 11 is -1.73. The molecule has 0 fully saturated rings. The van der Waals surface area contributed by atoms with Crippen molar-refractivity contribution in [1.82, 2.24) is 10.2 Å². The molecule has 0 aromatic heterocycles. The summed E-state index contributed by atoms with van der Waals surface area (Å²) < 4.78 is 61.5. The van der Waals surface area contributed by atoms with Crippen molar-refractivity contribution in [2.24, 2.45) is 0 Å². The molecular formula is C32H31F3N4O4S. The normalized spacial score (nSPS) is 11.8. The molecule has 0 aliphatic carbocycles. The minimum atomic E-state index is -4.64. The van der Waals surface area contributed by atoms with Crippen LogP contribution >= 0.6 is 0 Å². The molecule has 4 rings (SSSR count). The maximum absolute atomic E-state index is 13.4. The lowest BCUT2D eigenvalue weighted by atomic mass is 10.0. The Kier molecular flexibility index (Phi) is 10.4. The van der Waals surface area contributed by atoms with Gasteiger partial charge in [-0.05, 0) is 59.7 Å². The summed E-state index contributed by atoms with van der Waals surface area (Å²) in [7, 11) is 4.84. The van der Waals surface area contributed by atoms with Gasteiger partial charge in [0.05, 0.1) is 23.9 Å². The molecule has 0 saturated heterocycles. The summed E-state index contributed by atoms with van der Waals surface area (Å²) in [6.45, 7) is 0.303. The number of hydrogen-bond acceptors (Lipinski definition) is 6. The summed E-state index contributed by atoms with van der Waals surface area (Å²) in [5, 5.41) is 5.59. The number of rotatable bonds is 11. The topological polar surface area (TPSA) is 106 Å². The summed E-state index contributed by atoms with van der Waals surface area (Å²) in [4.78, 5) is 26.7. The molecule has 0 radical (unpaired) electrons. The number of ether oxygens (including phenoxy) is 1. The Bertz CT molecular complexity index is 1630. The van der Waals surface area contributed by atoms with E-state index in [0.717, 1.165) is 23.3 Å². The number of methoxy groups -OCH3 is 1. The fraction of sp³-hybridized carbons (Fsp3) is 0.188. The van der Waals surface area contributed by atoms with Crippen molar-refractivity contribution in [3.63, 3.8) is 0 Å². The molecule has 230 valence electrons. The van der Waals surface area contributed by atoms with Gasteiger partial charge in [-0.2, -0.15) is 13.2 Å². The zero-order valence-electron chi connectivity index (χ0n) is 24.2. The maximum atomic E-state index is 13.4. The largest absolute Gasteiger partial charge is 0.588 e. The van der Waals surface area contributed by atoms with Gasteiger partial charge in [0.25, 0.3) is 11.8 Å². The van der Waals surface area contributed by atoms with Crippen molar-refractivity contribution in [2.75, 3.05) is 44.3 Å². The molecule has 0 spiro atoms. The van der Waals surface area contributed by atoms with Crippen LogP contribution in [0.4, 0.5) is 24.5 Å². The number of hydrogen-bond donors (Lipinski definition) is 3. The Morgan fingerprint density at radius 2 is 1.57 bits per heavy atom. The average Bonchev–Trinajstić information content (AvgIpc) is 3.02. The first-order chi connectivity index (χ1) is 21.0. The van der Waals surface area contributed by atoms with Gasteiger partial charge in [0.15, 0.2) is 5.75 Å². The Balaban J connectivity index is 1.40. The summed E-state index contributed by atoms with van der Waals surface area (Å²) in [6, 6.07) is 24.0. The van der Waals surface area contributed by atoms with Crippen LogP contribution in [0.15, 0.2) is 95.9 Å². The quantitative estimate of drug-likeness (QED) is 0.138. The number of halogens is 3.